The maximum absolute atomic E-state index is 13.8. The lowest BCUT2D eigenvalue weighted by Crippen LogP contribution is -2.40. The summed E-state index contributed by atoms with van der Waals surface area (Å²) in [5, 5.41) is 2.01. The Morgan fingerprint density at radius 1 is 1.00 bits per heavy atom. The SMILES string of the molecule is C[C@H](CS(=O)(=O)CC(F)(F)F)NC(=O)c1ccc(/C=C/C(c2cc(Br)c(Cl)c(Br)c2)C(F)(F)F)cc1C(F)(F)F. The molecule has 2 aromatic rings. The van der Waals surface area contributed by atoms with Crippen LogP contribution in [0.3, 0.4) is 0 Å². The fourth-order valence-corrected chi connectivity index (χ4v) is 6.29. The molecule has 0 bridgehead atoms. The van der Waals surface area contributed by atoms with Gasteiger partial charge in [0.2, 0.25) is 0 Å². The van der Waals surface area contributed by atoms with Crippen molar-refractivity contribution in [2.75, 3.05) is 11.5 Å². The highest BCUT2D eigenvalue weighted by Gasteiger charge is 2.40. The molecule has 0 saturated carbocycles. The molecule has 1 N–H and O–H groups in total. The number of hydrogen-bond acceptors (Lipinski definition) is 3. The largest absolute Gasteiger partial charge is 0.417 e. The number of allylic oxidation sites excluding steroid dienone is 1. The van der Waals surface area contributed by atoms with E-state index in [4.69, 9.17) is 11.6 Å². The lowest BCUT2D eigenvalue weighted by atomic mass is 9.96. The number of sulfone groups is 1. The van der Waals surface area contributed by atoms with Crippen molar-refractivity contribution in [2.45, 2.75) is 37.4 Å². The molecule has 2 rings (SSSR count). The summed E-state index contributed by atoms with van der Waals surface area (Å²) < 4.78 is 143. The van der Waals surface area contributed by atoms with E-state index in [1.165, 1.54) is 0 Å². The quantitative estimate of drug-likeness (QED) is 0.218. The van der Waals surface area contributed by atoms with E-state index in [-0.39, 0.29) is 25.1 Å². The first kappa shape index (κ1) is 34.4. The number of halogens is 12. The summed E-state index contributed by atoms with van der Waals surface area (Å²) in [6, 6.07) is 2.70. The smallest absolute Gasteiger partial charge is 0.349 e. The molecule has 4 nitrogen and oxygen atoms in total. The maximum Gasteiger partial charge on any atom is 0.417 e. The van der Waals surface area contributed by atoms with E-state index in [2.05, 4.69) is 31.9 Å². The Morgan fingerprint density at radius 3 is 2.02 bits per heavy atom. The van der Waals surface area contributed by atoms with Gasteiger partial charge in [-0.1, -0.05) is 29.8 Å². The highest BCUT2D eigenvalue weighted by molar-refractivity contribution is 9.11. The van der Waals surface area contributed by atoms with Crippen LogP contribution in [0, 0.1) is 0 Å². The third kappa shape index (κ3) is 9.94. The van der Waals surface area contributed by atoms with Crippen LogP contribution >= 0.6 is 43.5 Å². The lowest BCUT2D eigenvalue weighted by molar-refractivity contribution is -0.139. The molecule has 2 atom stereocenters. The summed E-state index contributed by atoms with van der Waals surface area (Å²) in [7, 11) is -4.75. The van der Waals surface area contributed by atoms with Crippen molar-refractivity contribution in [3.63, 3.8) is 0 Å². The third-order valence-electron chi connectivity index (χ3n) is 5.06. The van der Waals surface area contributed by atoms with Gasteiger partial charge in [0.05, 0.1) is 27.8 Å². The number of alkyl halides is 9. The first-order valence-corrected chi connectivity index (χ1v) is 14.5. The molecule has 0 aliphatic carbocycles. The Labute approximate surface area is 244 Å². The fourth-order valence-electron chi connectivity index (χ4n) is 3.50. The van der Waals surface area contributed by atoms with Crippen molar-refractivity contribution >= 4 is 65.3 Å². The van der Waals surface area contributed by atoms with Crippen molar-refractivity contribution in [3.05, 3.63) is 72.6 Å². The zero-order chi connectivity index (χ0) is 30.8. The van der Waals surface area contributed by atoms with Crippen LogP contribution in [0.4, 0.5) is 39.5 Å². The summed E-state index contributed by atoms with van der Waals surface area (Å²) in [5.41, 5.74) is -3.21. The maximum atomic E-state index is 13.8. The average Bonchev–Trinajstić information content (AvgIpc) is 2.73. The molecule has 0 fully saturated rings. The van der Waals surface area contributed by atoms with Crippen molar-refractivity contribution in [1.82, 2.24) is 5.32 Å². The van der Waals surface area contributed by atoms with E-state index in [0.717, 1.165) is 31.2 Å². The minimum Gasteiger partial charge on any atom is -0.349 e. The van der Waals surface area contributed by atoms with Crippen molar-refractivity contribution < 1.29 is 52.7 Å². The van der Waals surface area contributed by atoms with Gasteiger partial charge >= 0.3 is 18.5 Å². The topological polar surface area (TPSA) is 63.2 Å². The molecule has 40 heavy (non-hydrogen) atoms. The minimum atomic E-state index is -5.17. The van der Waals surface area contributed by atoms with E-state index in [1.807, 2.05) is 5.32 Å². The monoisotopic (exact) mass is 751 g/mol. The van der Waals surface area contributed by atoms with Gasteiger partial charge in [-0.15, -0.1) is 0 Å². The molecular weight excluding hydrogens is 737 g/mol. The van der Waals surface area contributed by atoms with Crippen LogP contribution in [0.2, 0.25) is 5.02 Å². The summed E-state index contributed by atoms with van der Waals surface area (Å²) in [4.78, 5) is 12.5. The zero-order valence-corrected chi connectivity index (χ0v) is 24.5. The van der Waals surface area contributed by atoms with Gasteiger partial charge in [0.1, 0.15) is 5.75 Å². The number of carbonyl (C=O) groups is 1. The zero-order valence-electron chi connectivity index (χ0n) is 19.8. The third-order valence-corrected chi connectivity index (χ3v) is 8.95. The molecule has 2 aromatic carbocycles. The van der Waals surface area contributed by atoms with Crippen LogP contribution in [-0.2, 0) is 16.0 Å². The fraction of sp³-hybridized carbons (Fsp3) is 0.348. The molecule has 0 aromatic heterocycles. The molecule has 1 amide bonds. The molecule has 222 valence electrons. The van der Waals surface area contributed by atoms with Gasteiger partial charge < -0.3 is 5.32 Å². The Bertz CT molecular complexity index is 1370. The van der Waals surface area contributed by atoms with E-state index < -0.39 is 68.9 Å². The molecular formula is C23H17Br2ClF9NO3S. The van der Waals surface area contributed by atoms with E-state index >= 15 is 0 Å². The highest BCUT2D eigenvalue weighted by Crippen LogP contribution is 2.41. The molecule has 0 radical (unpaired) electrons. The number of rotatable bonds is 8. The van der Waals surface area contributed by atoms with E-state index in [0.29, 0.717) is 18.2 Å². The Hall–Kier alpha value is -1.78. The van der Waals surface area contributed by atoms with Crippen LogP contribution in [0.15, 0.2) is 45.4 Å². The van der Waals surface area contributed by atoms with Gasteiger partial charge in [-0.2, -0.15) is 39.5 Å². The Kier molecular flexibility index (Phi) is 10.9. The summed E-state index contributed by atoms with van der Waals surface area (Å²) in [5.74, 6) is -7.08. The van der Waals surface area contributed by atoms with Crippen LogP contribution in [0.5, 0.6) is 0 Å². The first-order chi connectivity index (χ1) is 18.0. The number of amides is 1. The molecule has 1 unspecified atom stereocenters. The highest BCUT2D eigenvalue weighted by atomic mass is 79.9. The summed E-state index contributed by atoms with van der Waals surface area (Å²) in [6.45, 7) is 0.987. The molecule has 17 heteroatoms. The van der Waals surface area contributed by atoms with Gasteiger partial charge in [0, 0.05) is 15.0 Å². The van der Waals surface area contributed by atoms with E-state index in [9.17, 15) is 52.7 Å². The van der Waals surface area contributed by atoms with Crippen molar-refractivity contribution in [1.29, 1.82) is 0 Å². The standard InChI is InChI=1S/C23H17Br2ClF9NO3S/c1-11(9-40(38,39)10-21(27,28)29)36-20(37)14-4-2-12(6-16(14)23(33,34)35)3-5-15(22(30,31)32)13-7-17(24)19(26)18(25)8-13/h2-8,11,15H,9-10H2,1H3,(H,36,37)/b5-3+/t11-,15?/m1/s1. The lowest BCUT2D eigenvalue weighted by Gasteiger charge is -2.19. The normalized spacial score (nSPS) is 14.8. The number of carbonyl (C=O) groups excluding carboxylic acids is 1. The molecule has 0 heterocycles. The predicted octanol–water partition coefficient (Wildman–Crippen LogP) is 8.34. The second kappa shape index (κ2) is 12.6. The van der Waals surface area contributed by atoms with Crippen molar-refractivity contribution in [3.8, 4) is 0 Å². The Morgan fingerprint density at radius 2 is 1.55 bits per heavy atom. The van der Waals surface area contributed by atoms with Gasteiger partial charge in [-0.05, 0) is 74.2 Å². The first-order valence-electron chi connectivity index (χ1n) is 10.7. The number of hydrogen-bond donors (Lipinski definition) is 1. The predicted molar refractivity (Wildman–Crippen MR) is 138 cm³/mol. The average molecular weight is 754 g/mol. The Balaban J connectivity index is 2.39. The van der Waals surface area contributed by atoms with Gasteiger partial charge in [-0.25, -0.2) is 8.42 Å². The number of nitrogens with one attached hydrogen (secondary N) is 1. The number of benzene rings is 2. The second-order valence-corrected chi connectivity index (χ2v) is 12.7. The van der Waals surface area contributed by atoms with Crippen LogP contribution in [-0.4, -0.2) is 44.2 Å². The summed E-state index contributed by atoms with van der Waals surface area (Å²) >= 11 is 12.0. The molecule has 0 aliphatic heterocycles. The van der Waals surface area contributed by atoms with Crippen LogP contribution in [0.25, 0.3) is 6.08 Å². The minimum absolute atomic E-state index is 0.101. The van der Waals surface area contributed by atoms with Gasteiger partial charge in [0.25, 0.3) is 5.91 Å². The van der Waals surface area contributed by atoms with Crippen LogP contribution in [0.1, 0.15) is 39.9 Å². The summed E-state index contributed by atoms with van der Waals surface area (Å²) in [6.07, 6.45) is -13.7. The molecule has 0 spiro atoms. The second-order valence-electron chi connectivity index (χ2n) is 8.52. The van der Waals surface area contributed by atoms with Crippen molar-refractivity contribution in [2.24, 2.45) is 0 Å². The van der Waals surface area contributed by atoms with Gasteiger partial charge in [0.15, 0.2) is 9.84 Å². The van der Waals surface area contributed by atoms with Crippen LogP contribution < -0.4 is 5.32 Å². The van der Waals surface area contributed by atoms with E-state index in [1.54, 1.807) is 0 Å². The molecule has 0 saturated heterocycles. The molecule has 0 aliphatic rings. The van der Waals surface area contributed by atoms with Gasteiger partial charge in [-0.3, -0.25) is 4.79 Å².